The van der Waals surface area contributed by atoms with Crippen LogP contribution >= 0.6 is 0 Å². The number of unbranched alkanes of at least 4 members (excludes halogenated alkanes) is 1. The van der Waals surface area contributed by atoms with Crippen molar-refractivity contribution in [2.75, 3.05) is 13.2 Å². The van der Waals surface area contributed by atoms with Crippen molar-refractivity contribution in [3.8, 4) is 0 Å². The molecule has 7 nitrogen and oxygen atoms in total. The molecule has 0 bridgehead atoms. The number of hydrogen-bond acceptors (Lipinski definition) is 7. The minimum atomic E-state index is -1.49. The summed E-state index contributed by atoms with van der Waals surface area (Å²) in [4.78, 5) is 4.55. The maximum Gasteiger partial charge on any atom is 0.231 e. The van der Waals surface area contributed by atoms with Crippen LogP contribution in [-0.4, -0.2) is 70.2 Å². The van der Waals surface area contributed by atoms with Crippen LogP contribution in [0, 0.1) is 18.8 Å². The third-order valence-electron chi connectivity index (χ3n) is 6.31. The van der Waals surface area contributed by atoms with Crippen molar-refractivity contribution >= 4 is 12.0 Å². The van der Waals surface area contributed by atoms with Crippen LogP contribution in [0.25, 0.3) is 6.08 Å². The second-order valence-electron chi connectivity index (χ2n) is 10.9. The Kier molecular flexibility index (Phi) is 12.5. The number of allylic oxidation sites excluding steroid dienone is 1. The van der Waals surface area contributed by atoms with E-state index in [-0.39, 0.29) is 5.92 Å². The normalized spacial score (nSPS) is 26.1. The maximum atomic E-state index is 10.4. The number of nitrogens with zero attached hydrogens (tertiary/aromatic N) is 1. The molecule has 1 saturated heterocycles. The molecule has 0 aliphatic carbocycles. The van der Waals surface area contributed by atoms with Gasteiger partial charge in [-0.25, -0.2) is 4.99 Å². The summed E-state index contributed by atoms with van der Waals surface area (Å²) in [6, 6.07) is 6.39. The smallest absolute Gasteiger partial charge is 0.231 e. The minimum absolute atomic E-state index is 0.260. The van der Waals surface area contributed by atoms with Crippen LogP contribution in [0.2, 0.25) is 0 Å². The molecule has 2 aliphatic heterocycles. The van der Waals surface area contributed by atoms with E-state index in [0.717, 1.165) is 35.5 Å². The Morgan fingerprint density at radius 3 is 2.32 bits per heavy atom. The standard InChI is InChI=1S/C26H37NO6.C4H10/c1-5-6-7-8-17-9-10-18(16(4)11-17)12-19-20(15(2)3)13-27-25(19)33-26-24(31)23(30)22(29)21(14-28)32-26;1-4(2)3/h7-11,15,21-24,26,28-31H,5-6,12-14H2,1-4H3;4H,1-3H3/b8-7+;/t21-,22-,23+,24-,26+;/m1./s1. The van der Waals surface area contributed by atoms with Crippen LogP contribution in [0.4, 0.5) is 0 Å². The molecule has 0 aromatic heterocycles. The van der Waals surface area contributed by atoms with E-state index in [9.17, 15) is 20.4 Å². The summed E-state index contributed by atoms with van der Waals surface area (Å²) in [6.07, 6.45) is 0.472. The number of aliphatic imine (C=N–C) groups is 1. The average Bonchev–Trinajstić information content (AvgIpc) is 3.23. The van der Waals surface area contributed by atoms with Gasteiger partial charge >= 0.3 is 0 Å². The van der Waals surface area contributed by atoms with E-state index in [1.54, 1.807) is 0 Å². The van der Waals surface area contributed by atoms with Gasteiger partial charge < -0.3 is 29.9 Å². The third-order valence-corrected chi connectivity index (χ3v) is 6.31. The van der Waals surface area contributed by atoms with Gasteiger partial charge in [0, 0.05) is 12.0 Å². The van der Waals surface area contributed by atoms with Crippen molar-refractivity contribution < 1.29 is 29.9 Å². The minimum Gasteiger partial charge on any atom is -0.445 e. The van der Waals surface area contributed by atoms with Crippen molar-refractivity contribution in [1.29, 1.82) is 0 Å². The van der Waals surface area contributed by atoms with Gasteiger partial charge in [-0.2, -0.15) is 0 Å². The Morgan fingerprint density at radius 1 is 1.08 bits per heavy atom. The Hall–Kier alpha value is -2.03. The molecular weight excluding hydrogens is 470 g/mol. The van der Waals surface area contributed by atoms with Gasteiger partial charge in [0.25, 0.3) is 0 Å². The van der Waals surface area contributed by atoms with Crippen LogP contribution < -0.4 is 0 Å². The third kappa shape index (κ3) is 8.76. The van der Waals surface area contributed by atoms with Gasteiger partial charge in [0.05, 0.1) is 13.2 Å². The molecule has 37 heavy (non-hydrogen) atoms. The van der Waals surface area contributed by atoms with Crippen LogP contribution in [0.15, 0.2) is 40.4 Å². The van der Waals surface area contributed by atoms with Gasteiger partial charge in [-0.05, 0) is 47.4 Å². The quantitative estimate of drug-likeness (QED) is 0.411. The lowest BCUT2D eigenvalue weighted by atomic mass is 9.92. The molecule has 0 radical (unpaired) electrons. The summed E-state index contributed by atoms with van der Waals surface area (Å²) in [5.41, 5.74) is 5.59. The van der Waals surface area contributed by atoms with E-state index in [1.807, 2.05) is 0 Å². The summed E-state index contributed by atoms with van der Waals surface area (Å²) in [5, 5.41) is 39.9. The van der Waals surface area contributed by atoms with Crippen molar-refractivity contribution in [2.45, 2.75) is 98.4 Å². The molecule has 7 heteroatoms. The van der Waals surface area contributed by atoms with Crippen LogP contribution in [0.1, 0.15) is 71.1 Å². The highest BCUT2D eigenvalue weighted by molar-refractivity contribution is 5.97. The van der Waals surface area contributed by atoms with Gasteiger partial charge in [0.2, 0.25) is 12.2 Å². The zero-order chi connectivity index (χ0) is 27.7. The summed E-state index contributed by atoms with van der Waals surface area (Å²) < 4.78 is 11.5. The number of benzene rings is 1. The monoisotopic (exact) mass is 517 g/mol. The van der Waals surface area contributed by atoms with Crippen molar-refractivity contribution in [3.63, 3.8) is 0 Å². The Balaban J connectivity index is 0.00000112. The first-order valence-electron chi connectivity index (χ1n) is 13.5. The molecule has 2 heterocycles. The number of hydrogen-bond donors (Lipinski definition) is 4. The van der Waals surface area contributed by atoms with E-state index in [2.05, 4.69) is 83.8 Å². The lowest BCUT2D eigenvalue weighted by molar-refractivity contribution is -0.281. The van der Waals surface area contributed by atoms with E-state index >= 15 is 0 Å². The molecule has 208 valence electrons. The van der Waals surface area contributed by atoms with Gasteiger partial charge in [-0.1, -0.05) is 78.3 Å². The van der Waals surface area contributed by atoms with Gasteiger partial charge in [0.15, 0.2) is 0 Å². The Bertz CT molecular complexity index is 947. The fourth-order valence-corrected chi connectivity index (χ4v) is 4.19. The van der Waals surface area contributed by atoms with E-state index in [0.29, 0.717) is 18.9 Å². The van der Waals surface area contributed by atoms with Gasteiger partial charge in [-0.3, -0.25) is 0 Å². The number of aliphatic hydroxyl groups excluding tert-OH is 4. The molecule has 1 fully saturated rings. The van der Waals surface area contributed by atoms with E-state index < -0.39 is 37.3 Å². The topological polar surface area (TPSA) is 112 Å². The number of rotatable bonds is 8. The summed E-state index contributed by atoms with van der Waals surface area (Å²) in [6.45, 7) is 15.0. The number of ether oxygens (including phenoxy) is 2. The highest BCUT2D eigenvalue weighted by Crippen LogP contribution is 2.30. The molecule has 0 saturated carbocycles. The molecule has 2 aliphatic rings. The van der Waals surface area contributed by atoms with E-state index in [4.69, 9.17) is 9.47 Å². The highest BCUT2D eigenvalue weighted by atomic mass is 16.7. The van der Waals surface area contributed by atoms with Crippen molar-refractivity contribution in [3.05, 3.63) is 52.1 Å². The van der Waals surface area contributed by atoms with Crippen LogP contribution in [0.3, 0.4) is 0 Å². The second kappa shape index (κ2) is 14.8. The first kappa shape index (κ1) is 31.2. The number of aliphatic hydroxyl groups is 4. The lowest BCUT2D eigenvalue weighted by Gasteiger charge is -2.39. The fourth-order valence-electron chi connectivity index (χ4n) is 4.19. The molecule has 3 rings (SSSR count). The Morgan fingerprint density at radius 2 is 1.76 bits per heavy atom. The molecule has 4 N–H and O–H groups in total. The van der Waals surface area contributed by atoms with Gasteiger partial charge in [-0.15, -0.1) is 0 Å². The Labute approximate surface area is 222 Å². The molecule has 5 atom stereocenters. The lowest BCUT2D eigenvalue weighted by Crippen LogP contribution is -2.59. The van der Waals surface area contributed by atoms with E-state index in [1.165, 1.54) is 11.1 Å². The summed E-state index contributed by atoms with van der Waals surface area (Å²) in [7, 11) is 0. The maximum absolute atomic E-state index is 10.4. The predicted molar refractivity (Wildman–Crippen MR) is 148 cm³/mol. The molecule has 1 aromatic rings. The van der Waals surface area contributed by atoms with Crippen LogP contribution in [-0.2, 0) is 15.9 Å². The molecule has 1 aromatic carbocycles. The van der Waals surface area contributed by atoms with Crippen molar-refractivity contribution in [1.82, 2.24) is 0 Å². The molecule has 0 spiro atoms. The average molecular weight is 518 g/mol. The largest absolute Gasteiger partial charge is 0.445 e. The fraction of sp³-hybridized carbons (Fsp3) is 0.633. The van der Waals surface area contributed by atoms with Crippen molar-refractivity contribution in [2.24, 2.45) is 16.8 Å². The first-order valence-corrected chi connectivity index (χ1v) is 13.5. The summed E-state index contributed by atoms with van der Waals surface area (Å²) >= 11 is 0. The second-order valence-corrected chi connectivity index (χ2v) is 10.9. The molecule has 0 unspecified atom stereocenters. The molecular formula is C30H47NO6. The SMILES string of the molecule is CC(C)C.CCC/C=C/c1ccc(CC2=C(C(C)C)CN=C2O[C@@H]2O[C@H](CO)[C@@H](O)[C@H](O)[C@H]2O)c(C)c1. The zero-order valence-electron chi connectivity index (χ0n) is 23.5. The van der Waals surface area contributed by atoms with Crippen LogP contribution in [0.5, 0.6) is 0 Å². The summed E-state index contributed by atoms with van der Waals surface area (Å²) in [5.74, 6) is 1.46. The number of aryl methyl sites for hydroxylation is 1. The van der Waals surface area contributed by atoms with Gasteiger partial charge in [0.1, 0.15) is 24.4 Å². The predicted octanol–water partition coefficient (Wildman–Crippen LogP) is 4.19. The first-order chi connectivity index (χ1) is 17.5. The highest BCUT2D eigenvalue weighted by Gasteiger charge is 2.45. The molecule has 0 amide bonds. The zero-order valence-corrected chi connectivity index (χ0v) is 23.5.